The van der Waals surface area contributed by atoms with Gasteiger partial charge in [-0.1, -0.05) is 25.3 Å². The molecule has 3 heterocycles. The van der Waals surface area contributed by atoms with Gasteiger partial charge >= 0.3 is 0 Å². The highest BCUT2D eigenvalue weighted by atomic mass is 16.5. The summed E-state index contributed by atoms with van der Waals surface area (Å²) < 4.78 is 10.9. The molecule has 9 nitrogen and oxygen atoms in total. The van der Waals surface area contributed by atoms with E-state index in [-0.39, 0.29) is 5.56 Å². The summed E-state index contributed by atoms with van der Waals surface area (Å²) in [6.07, 6.45) is 7.90. The third-order valence-electron chi connectivity index (χ3n) is 8.44. The number of methoxy groups -OCH3 is 2. The lowest BCUT2D eigenvalue weighted by atomic mass is 9.94. The number of H-pyrrole nitrogens is 1. The normalized spacial score (nSPS) is 20.8. The first-order valence-corrected chi connectivity index (χ1v) is 14.4. The van der Waals surface area contributed by atoms with Crippen molar-refractivity contribution in [2.45, 2.75) is 57.7 Å². The lowest BCUT2D eigenvalue weighted by molar-refractivity contribution is 0.0749. The average Bonchev–Trinajstić information content (AvgIpc) is 3.19. The van der Waals surface area contributed by atoms with Gasteiger partial charge in [-0.15, -0.1) is 0 Å². The van der Waals surface area contributed by atoms with Gasteiger partial charge in [0.25, 0.3) is 5.56 Å². The van der Waals surface area contributed by atoms with Crippen molar-refractivity contribution < 1.29 is 9.47 Å². The highest BCUT2D eigenvalue weighted by Crippen LogP contribution is 2.27. The van der Waals surface area contributed by atoms with E-state index in [2.05, 4.69) is 30.6 Å². The van der Waals surface area contributed by atoms with E-state index >= 15 is 0 Å². The Morgan fingerprint density at radius 3 is 2.37 bits per heavy atom. The van der Waals surface area contributed by atoms with Crippen LogP contribution in [0.15, 0.2) is 29.1 Å². The minimum absolute atomic E-state index is 0.0603. The molecule has 9 heteroatoms. The standard InChI is InChI=1S/C29H44N6O3/c1-37-26-10-9-23(27(20-26)38-2)21-32-11-6-12-35(18-15-32)29-30-24(19-28(36)31-29)22-33-13-16-34(17-14-33)25-7-4-3-5-8-25/h9-10,19-20,25H,3-8,11-18,21-22H2,1-2H3,(H,30,31,36). The summed E-state index contributed by atoms with van der Waals surface area (Å²) in [5.74, 6) is 2.36. The van der Waals surface area contributed by atoms with E-state index in [4.69, 9.17) is 14.5 Å². The topological polar surface area (TPSA) is 77.2 Å². The van der Waals surface area contributed by atoms with Crippen molar-refractivity contribution in [3.8, 4) is 11.5 Å². The third kappa shape index (κ3) is 6.87. The SMILES string of the molecule is COc1ccc(CN2CCCN(c3nc(CN4CCN(C5CCCCC5)CC4)cc(=O)[nH]3)CC2)c(OC)c1. The summed E-state index contributed by atoms with van der Waals surface area (Å²) in [4.78, 5) is 30.3. The molecule has 0 unspecified atom stereocenters. The zero-order valence-corrected chi connectivity index (χ0v) is 23.2. The van der Waals surface area contributed by atoms with Gasteiger partial charge < -0.3 is 14.4 Å². The lowest BCUT2D eigenvalue weighted by Gasteiger charge is -2.40. The molecule has 1 aromatic heterocycles. The molecule has 38 heavy (non-hydrogen) atoms. The highest BCUT2D eigenvalue weighted by molar-refractivity contribution is 5.40. The van der Waals surface area contributed by atoms with Crippen LogP contribution < -0.4 is 19.9 Å². The number of ether oxygens (including phenoxy) is 2. The molecular formula is C29H44N6O3. The Morgan fingerprint density at radius 2 is 1.61 bits per heavy atom. The van der Waals surface area contributed by atoms with Crippen LogP contribution in [0.5, 0.6) is 11.5 Å². The maximum atomic E-state index is 12.6. The van der Waals surface area contributed by atoms with E-state index < -0.39 is 0 Å². The number of benzene rings is 1. The van der Waals surface area contributed by atoms with Crippen LogP contribution in [0.2, 0.25) is 0 Å². The Bertz CT molecular complexity index is 1090. The van der Waals surface area contributed by atoms with E-state index in [0.717, 1.165) is 101 Å². The van der Waals surface area contributed by atoms with Gasteiger partial charge in [0.2, 0.25) is 5.95 Å². The summed E-state index contributed by atoms with van der Waals surface area (Å²) in [6.45, 7) is 9.50. The minimum Gasteiger partial charge on any atom is -0.497 e. The van der Waals surface area contributed by atoms with Crippen molar-refractivity contribution in [2.24, 2.45) is 0 Å². The summed E-state index contributed by atoms with van der Waals surface area (Å²) in [6, 6.07) is 8.46. The monoisotopic (exact) mass is 524 g/mol. The van der Waals surface area contributed by atoms with Crippen molar-refractivity contribution in [3.05, 3.63) is 45.9 Å². The highest BCUT2D eigenvalue weighted by Gasteiger charge is 2.26. The maximum Gasteiger partial charge on any atom is 0.252 e. The summed E-state index contributed by atoms with van der Waals surface area (Å²) in [5, 5.41) is 0. The molecule has 2 aliphatic heterocycles. The smallest absolute Gasteiger partial charge is 0.252 e. The number of aromatic nitrogens is 2. The Hall–Kier alpha value is -2.62. The molecule has 3 aliphatic rings. The van der Waals surface area contributed by atoms with Crippen molar-refractivity contribution >= 4 is 5.95 Å². The molecule has 0 bridgehead atoms. The van der Waals surface area contributed by atoms with E-state index in [9.17, 15) is 4.79 Å². The Labute approximate surface area is 226 Å². The maximum absolute atomic E-state index is 12.6. The molecule has 0 spiro atoms. The predicted molar refractivity (Wildman–Crippen MR) is 150 cm³/mol. The largest absolute Gasteiger partial charge is 0.497 e. The van der Waals surface area contributed by atoms with Crippen molar-refractivity contribution in [3.63, 3.8) is 0 Å². The van der Waals surface area contributed by atoms with E-state index in [1.165, 1.54) is 32.1 Å². The van der Waals surface area contributed by atoms with Gasteiger partial charge in [0.05, 0.1) is 19.9 Å². The molecule has 3 fully saturated rings. The van der Waals surface area contributed by atoms with Crippen LogP contribution in [0, 0.1) is 0 Å². The molecule has 1 N–H and O–H groups in total. The summed E-state index contributed by atoms with van der Waals surface area (Å²) in [7, 11) is 3.37. The van der Waals surface area contributed by atoms with Crippen molar-refractivity contribution in [1.29, 1.82) is 0 Å². The third-order valence-corrected chi connectivity index (χ3v) is 8.44. The van der Waals surface area contributed by atoms with Crippen LogP contribution in [0.4, 0.5) is 5.95 Å². The number of aromatic amines is 1. The van der Waals surface area contributed by atoms with Gasteiger partial charge in [-0.25, -0.2) is 4.98 Å². The summed E-state index contributed by atoms with van der Waals surface area (Å²) >= 11 is 0. The Kier molecular flexibility index (Phi) is 9.19. The van der Waals surface area contributed by atoms with Crippen molar-refractivity contribution in [2.75, 3.05) is 71.5 Å². The molecule has 1 saturated carbocycles. The number of rotatable bonds is 8. The van der Waals surface area contributed by atoms with Crippen LogP contribution >= 0.6 is 0 Å². The van der Waals surface area contributed by atoms with Gasteiger partial charge in [-0.05, 0) is 25.3 Å². The summed E-state index contributed by atoms with van der Waals surface area (Å²) in [5.41, 5.74) is 1.97. The van der Waals surface area contributed by atoms with Crippen molar-refractivity contribution in [1.82, 2.24) is 24.7 Å². The number of piperazine rings is 1. The second-order valence-electron chi connectivity index (χ2n) is 11.0. The zero-order valence-electron chi connectivity index (χ0n) is 23.2. The van der Waals surface area contributed by atoms with E-state index in [1.54, 1.807) is 20.3 Å². The molecule has 0 amide bonds. The predicted octanol–water partition coefficient (Wildman–Crippen LogP) is 2.95. The van der Waals surface area contributed by atoms with E-state index in [0.29, 0.717) is 5.95 Å². The quantitative estimate of drug-likeness (QED) is 0.565. The van der Waals surface area contributed by atoms with Crippen LogP contribution in [0.1, 0.15) is 49.8 Å². The first-order valence-electron chi connectivity index (χ1n) is 14.4. The molecular weight excluding hydrogens is 480 g/mol. The first-order chi connectivity index (χ1) is 18.6. The Balaban J connectivity index is 1.16. The molecule has 2 aromatic rings. The number of anilines is 1. The number of hydrogen-bond acceptors (Lipinski definition) is 8. The number of nitrogens with one attached hydrogen (secondary N) is 1. The average molecular weight is 525 g/mol. The second kappa shape index (κ2) is 13.0. The number of hydrogen-bond donors (Lipinski definition) is 1. The van der Waals surface area contributed by atoms with Crippen LogP contribution in [-0.2, 0) is 13.1 Å². The van der Waals surface area contributed by atoms with Gasteiger partial charge in [-0.3, -0.25) is 24.5 Å². The second-order valence-corrected chi connectivity index (χ2v) is 11.0. The number of nitrogens with zero attached hydrogens (tertiary/aromatic N) is 5. The van der Waals surface area contributed by atoms with Crippen LogP contribution in [0.3, 0.4) is 0 Å². The van der Waals surface area contributed by atoms with Crippen LogP contribution in [-0.4, -0.2) is 97.3 Å². The molecule has 0 atom stereocenters. The molecule has 5 rings (SSSR count). The fourth-order valence-corrected chi connectivity index (χ4v) is 6.25. The zero-order chi connectivity index (χ0) is 26.3. The van der Waals surface area contributed by atoms with Gasteiger partial charge in [-0.2, -0.15) is 0 Å². The van der Waals surface area contributed by atoms with Gasteiger partial charge in [0.15, 0.2) is 0 Å². The first kappa shape index (κ1) is 27.0. The molecule has 0 radical (unpaired) electrons. The molecule has 208 valence electrons. The molecule has 1 aromatic carbocycles. The van der Waals surface area contributed by atoms with Crippen LogP contribution in [0.25, 0.3) is 0 Å². The van der Waals surface area contributed by atoms with Gasteiger partial charge in [0.1, 0.15) is 11.5 Å². The fourth-order valence-electron chi connectivity index (χ4n) is 6.25. The molecule has 2 saturated heterocycles. The van der Waals surface area contributed by atoms with E-state index in [1.807, 2.05) is 12.1 Å². The molecule has 1 aliphatic carbocycles. The van der Waals surface area contributed by atoms with Gasteiger partial charge in [0, 0.05) is 89.2 Å². The minimum atomic E-state index is -0.0603. The Morgan fingerprint density at radius 1 is 0.842 bits per heavy atom. The lowest BCUT2D eigenvalue weighted by Crippen LogP contribution is -2.50. The fraction of sp³-hybridized carbons (Fsp3) is 0.655.